The Morgan fingerprint density at radius 3 is 2.47 bits per heavy atom. The van der Waals surface area contributed by atoms with E-state index in [-0.39, 0.29) is 6.07 Å². The van der Waals surface area contributed by atoms with Gasteiger partial charge in [0.1, 0.15) is 11.4 Å². The molecule has 1 aromatic carbocycles. The topological polar surface area (TPSA) is 26.3 Å². The maximum absolute atomic E-state index is 13.1. The van der Waals surface area contributed by atoms with Gasteiger partial charge >= 0.3 is 5.97 Å². The summed E-state index contributed by atoms with van der Waals surface area (Å²) >= 11 is 0. The number of rotatable bonds is 2. The Morgan fingerprint density at radius 1 is 1.24 bits per heavy atom. The van der Waals surface area contributed by atoms with Crippen LogP contribution in [0.2, 0.25) is 0 Å². The van der Waals surface area contributed by atoms with Gasteiger partial charge in [0.2, 0.25) is 0 Å². The minimum absolute atomic E-state index is 0.0699. The van der Waals surface area contributed by atoms with E-state index in [0.717, 1.165) is 0 Å². The zero-order valence-corrected chi connectivity index (χ0v) is 8.61. The normalized spacial score (nSPS) is 9.47. The molecule has 1 rings (SSSR count). The molecule has 0 fully saturated rings. The second-order valence-corrected chi connectivity index (χ2v) is 2.85. The average molecular weight is 246 g/mol. The molecule has 0 spiro atoms. The van der Waals surface area contributed by atoms with Crippen molar-refractivity contribution in [2.45, 2.75) is 6.92 Å². The molecule has 0 N–H and O–H groups in total. The van der Waals surface area contributed by atoms with Crippen molar-refractivity contribution >= 4 is 5.97 Å². The van der Waals surface area contributed by atoms with Gasteiger partial charge in [-0.05, 0) is 6.92 Å². The molecule has 6 heteroatoms. The maximum atomic E-state index is 13.1. The van der Waals surface area contributed by atoms with Gasteiger partial charge in [-0.1, -0.05) is 5.92 Å². The van der Waals surface area contributed by atoms with Crippen LogP contribution in [0.3, 0.4) is 0 Å². The van der Waals surface area contributed by atoms with Crippen molar-refractivity contribution in [3.63, 3.8) is 0 Å². The molecule has 0 aliphatic heterocycles. The first kappa shape index (κ1) is 13.0. The highest BCUT2D eigenvalue weighted by Gasteiger charge is 2.25. The predicted octanol–water partition coefficient (Wildman–Crippen LogP) is 2.42. The summed E-state index contributed by atoms with van der Waals surface area (Å²) in [7, 11) is 0. The van der Waals surface area contributed by atoms with Crippen LogP contribution in [-0.4, -0.2) is 12.6 Å². The molecular weight excluding hydrogens is 240 g/mol. The Balaban J connectivity index is 3.08. The van der Waals surface area contributed by atoms with E-state index >= 15 is 0 Å². The fourth-order valence-electron chi connectivity index (χ4n) is 0.999. The Labute approximate surface area is 94.2 Å². The van der Waals surface area contributed by atoms with Crippen LogP contribution in [0.5, 0.6) is 0 Å². The first-order valence-electron chi connectivity index (χ1n) is 4.38. The number of benzene rings is 1. The lowest BCUT2D eigenvalue weighted by atomic mass is 10.2. The molecule has 0 unspecified atom stereocenters. The lowest BCUT2D eigenvalue weighted by molar-refractivity contribution is 0.0544. The van der Waals surface area contributed by atoms with Crippen molar-refractivity contribution < 1.29 is 27.1 Å². The van der Waals surface area contributed by atoms with Gasteiger partial charge in [0.05, 0.1) is 0 Å². The molecule has 17 heavy (non-hydrogen) atoms. The standard InChI is InChI=1S/C11H6F4O2/c1-2-3-4-17-11(16)8-6(12)5-7(13)9(14)10(8)15/h5H,4H2,1H3. The van der Waals surface area contributed by atoms with Gasteiger partial charge in [0.25, 0.3) is 0 Å². The lowest BCUT2D eigenvalue weighted by Gasteiger charge is -2.05. The summed E-state index contributed by atoms with van der Waals surface area (Å²) in [4.78, 5) is 11.2. The third-order valence-corrected chi connectivity index (χ3v) is 1.77. The minimum atomic E-state index is -1.93. The molecule has 0 heterocycles. The molecule has 90 valence electrons. The first-order chi connectivity index (χ1) is 7.99. The number of carbonyl (C=O) groups is 1. The number of hydrogen-bond donors (Lipinski definition) is 0. The van der Waals surface area contributed by atoms with Crippen LogP contribution in [0.15, 0.2) is 6.07 Å². The molecule has 2 nitrogen and oxygen atoms in total. The number of halogens is 4. The Hall–Kier alpha value is -2.03. The minimum Gasteiger partial charge on any atom is -0.449 e. The van der Waals surface area contributed by atoms with Crippen molar-refractivity contribution in [2.75, 3.05) is 6.61 Å². The van der Waals surface area contributed by atoms with E-state index in [1.54, 1.807) is 0 Å². The summed E-state index contributed by atoms with van der Waals surface area (Å²) < 4.78 is 55.8. The third kappa shape index (κ3) is 2.75. The highest BCUT2D eigenvalue weighted by Crippen LogP contribution is 2.19. The summed E-state index contributed by atoms with van der Waals surface area (Å²) in [6.07, 6.45) is 0. The summed E-state index contributed by atoms with van der Waals surface area (Å²) in [5.74, 6) is -3.86. The molecule has 0 bridgehead atoms. The average Bonchev–Trinajstić information content (AvgIpc) is 2.26. The highest BCUT2D eigenvalue weighted by molar-refractivity contribution is 5.90. The molecule has 0 radical (unpaired) electrons. The Kier molecular flexibility index (Phi) is 4.10. The molecule has 0 aromatic heterocycles. The van der Waals surface area contributed by atoms with Crippen molar-refractivity contribution in [1.29, 1.82) is 0 Å². The Bertz CT molecular complexity index is 514. The molecule has 0 saturated carbocycles. The second kappa shape index (κ2) is 5.34. The second-order valence-electron chi connectivity index (χ2n) is 2.85. The molecule has 0 aliphatic rings. The monoisotopic (exact) mass is 246 g/mol. The van der Waals surface area contributed by atoms with E-state index in [1.165, 1.54) is 6.92 Å². The van der Waals surface area contributed by atoms with E-state index in [1.807, 2.05) is 0 Å². The fourth-order valence-corrected chi connectivity index (χ4v) is 0.999. The van der Waals surface area contributed by atoms with Crippen LogP contribution in [0.4, 0.5) is 17.6 Å². The summed E-state index contributed by atoms with van der Waals surface area (Å²) in [6.45, 7) is 1.07. The highest BCUT2D eigenvalue weighted by atomic mass is 19.2. The SMILES string of the molecule is CC#CCOC(=O)c1c(F)cc(F)c(F)c1F. The van der Waals surface area contributed by atoms with Crippen LogP contribution in [0.1, 0.15) is 17.3 Å². The fraction of sp³-hybridized carbons (Fsp3) is 0.182. The van der Waals surface area contributed by atoms with Gasteiger partial charge in [-0.25, -0.2) is 22.4 Å². The zero-order valence-electron chi connectivity index (χ0n) is 8.61. The van der Waals surface area contributed by atoms with Gasteiger partial charge in [0.15, 0.2) is 24.1 Å². The number of carbonyl (C=O) groups excluding carboxylic acids is 1. The van der Waals surface area contributed by atoms with E-state index in [9.17, 15) is 22.4 Å². The molecule has 0 saturated heterocycles. The number of ether oxygens (including phenoxy) is 1. The van der Waals surface area contributed by atoms with Crippen LogP contribution in [0, 0.1) is 35.1 Å². The molecule has 1 aromatic rings. The third-order valence-electron chi connectivity index (χ3n) is 1.77. The van der Waals surface area contributed by atoms with Gasteiger partial charge in [-0.15, -0.1) is 5.92 Å². The predicted molar refractivity (Wildman–Crippen MR) is 50.0 cm³/mol. The van der Waals surface area contributed by atoms with Crippen LogP contribution < -0.4 is 0 Å². The van der Waals surface area contributed by atoms with Crippen LogP contribution >= 0.6 is 0 Å². The number of hydrogen-bond acceptors (Lipinski definition) is 2. The van der Waals surface area contributed by atoms with Gasteiger partial charge in [0, 0.05) is 6.07 Å². The summed E-state index contributed by atoms with van der Waals surface area (Å²) in [6, 6.07) is 0.0699. The molecule has 0 aliphatic carbocycles. The molecule has 0 atom stereocenters. The Morgan fingerprint density at radius 2 is 1.88 bits per heavy atom. The van der Waals surface area contributed by atoms with Gasteiger partial charge < -0.3 is 4.74 Å². The van der Waals surface area contributed by atoms with E-state index in [2.05, 4.69) is 16.6 Å². The van der Waals surface area contributed by atoms with Crippen molar-refractivity contribution in [3.05, 3.63) is 34.9 Å². The quantitative estimate of drug-likeness (QED) is 0.263. The van der Waals surface area contributed by atoms with Crippen LogP contribution in [0.25, 0.3) is 0 Å². The van der Waals surface area contributed by atoms with E-state index < -0.39 is 41.4 Å². The van der Waals surface area contributed by atoms with Crippen molar-refractivity contribution in [1.82, 2.24) is 0 Å². The maximum Gasteiger partial charge on any atom is 0.345 e. The van der Waals surface area contributed by atoms with Crippen molar-refractivity contribution in [2.24, 2.45) is 0 Å². The van der Waals surface area contributed by atoms with Crippen LogP contribution in [-0.2, 0) is 4.74 Å². The zero-order chi connectivity index (χ0) is 13.0. The largest absolute Gasteiger partial charge is 0.449 e. The summed E-state index contributed by atoms with van der Waals surface area (Å²) in [5, 5.41) is 0. The van der Waals surface area contributed by atoms with Gasteiger partial charge in [-0.3, -0.25) is 0 Å². The van der Waals surface area contributed by atoms with Crippen molar-refractivity contribution in [3.8, 4) is 11.8 Å². The van der Waals surface area contributed by atoms with E-state index in [4.69, 9.17) is 0 Å². The smallest absolute Gasteiger partial charge is 0.345 e. The first-order valence-corrected chi connectivity index (χ1v) is 4.38. The molecular formula is C11H6F4O2. The van der Waals surface area contributed by atoms with Gasteiger partial charge in [-0.2, -0.15) is 0 Å². The lowest BCUT2D eigenvalue weighted by Crippen LogP contribution is -2.13. The number of esters is 1. The molecule has 0 amide bonds. The van der Waals surface area contributed by atoms with E-state index in [0.29, 0.717) is 0 Å². The summed E-state index contributed by atoms with van der Waals surface area (Å²) in [5.41, 5.74) is -1.28.